The van der Waals surface area contributed by atoms with Crippen LogP contribution < -0.4 is 10.6 Å². The first-order chi connectivity index (χ1) is 4.70. The number of aliphatic imine (C=N–C) groups is 1. The predicted octanol–water partition coefficient (Wildman–Crippen LogP) is -0.220. The van der Waals surface area contributed by atoms with E-state index in [9.17, 15) is 0 Å². The van der Waals surface area contributed by atoms with Crippen molar-refractivity contribution in [2.24, 2.45) is 4.99 Å². The quantitative estimate of drug-likeness (QED) is 0.370. The molecule has 0 spiro atoms. The fourth-order valence-electron chi connectivity index (χ4n) is 0.524. The van der Waals surface area contributed by atoms with Crippen molar-refractivity contribution in [2.45, 2.75) is 13.0 Å². The fraction of sp³-hybridized carbons (Fsp3) is 0.833. The zero-order valence-corrected chi connectivity index (χ0v) is 9.42. The molecule has 0 bridgehead atoms. The van der Waals surface area contributed by atoms with Gasteiger partial charge >= 0.3 is 0 Å². The molecule has 5 heteroatoms. The Bertz CT molecular complexity index is 116. The molecule has 4 nitrogen and oxygen atoms in total. The summed E-state index contributed by atoms with van der Waals surface area (Å²) in [5.41, 5.74) is 0. The summed E-state index contributed by atoms with van der Waals surface area (Å²) >= 11 is 0. The number of hydrogen-bond acceptors (Lipinski definition) is 2. The van der Waals surface area contributed by atoms with E-state index in [0.29, 0.717) is 12.5 Å². The van der Waals surface area contributed by atoms with E-state index >= 15 is 0 Å². The summed E-state index contributed by atoms with van der Waals surface area (Å²) in [5, 5.41) is 14.6. The largest absolute Gasteiger partial charge is 0.392 e. The average molecular weight is 273 g/mol. The number of guanidine groups is 1. The van der Waals surface area contributed by atoms with E-state index < -0.39 is 0 Å². The molecule has 0 aromatic carbocycles. The van der Waals surface area contributed by atoms with E-state index in [1.165, 1.54) is 0 Å². The van der Waals surface area contributed by atoms with E-state index in [4.69, 9.17) is 5.11 Å². The lowest BCUT2D eigenvalue weighted by molar-refractivity contribution is 0.197. The minimum absolute atomic E-state index is 0. The van der Waals surface area contributed by atoms with Crippen LogP contribution in [0.25, 0.3) is 0 Å². The molecule has 0 aromatic heterocycles. The molecule has 0 heterocycles. The minimum Gasteiger partial charge on any atom is -0.392 e. The maximum atomic E-state index is 8.85. The van der Waals surface area contributed by atoms with Gasteiger partial charge in [-0.1, -0.05) is 0 Å². The molecule has 3 N–H and O–H groups in total. The number of hydrogen-bond donors (Lipinski definition) is 3. The summed E-state index contributed by atoms with van der Waals surface area (Å²) in [7, 11) is 3.46. The number of aliphatic hydroxyl groups excluding tert-OH is 1. The minimum atomic E-state index is -0.343. The summed E-state index contributed by atoms with van der Waals surface area (Å²) in [6.07, 6.45) is -0.343. The highest BCUT2D eigenvalue weighted by Crippen LogP contribution is 1.73. The van der Waals surface area contributed by atoms with Gasteiger partial charge in [-0.15, -0.1) is 24.0 Å². The van der Waals surface area contributed by atoms with Gasteiger partial charge in [0.1, 0.15) is 0 Å². The van der Waals surface area contributed by atoms with Crippen molar-refractivity contribution in [3.8, 4) is 0 Å². The predicted molar refractivity (Wildman–Crippen MR) is 57.5 cm³/mol. The molecule has 0 aliphatic heterocycles. The van der Waals surface area contributed by atoms with Crippen LogP contribution >= 0.6 is 24.0 Å². The smallest absolute Gasteiger partial charge is 0.190 e. The molecule has 0 rings (SSSR count). The van der Waals surface area contributed by atoms with Crippen molar-refractivity contribution < 1.29 is 5.11 Å². The summed E-state index contributed by atoms with van der Waals surface area (Å²) in [6, 6.07) is 0. The van der Waals surface area contributed by atoms with Gasteiger partial charge in [-0.2, -0.15) is 0 Å². The first-order valence-electron chi connectivity index (χ1n) is 3.27. The van der Waals surface area contributed by atoms with Crippen molar-refractivity contribution in [1.82, 2.24) is 10.6 Å². The number of rotatable bonds is 2. The molecule has 11 heavy (non-hydrogen) atoms. The van der Waals surface area contributed by atoms with Crippen LogP contribution in [0.3, 0.4) is 0 Å². The molecule has 0 fully saturated rings. The van der Waals surface area contributed by atoms with Gasteiger partial charge < -0.3 is 15.7 Å². The third-order valence-corrected chi connectivity index (χ3v) is 1.03. The molecule has 0 radical (unpaired) electrons. The number of nitrogens with zero attached hydrogens (tertiary/aromatic N) is 1. The lowest BCUT2D eigenvalue weighted by atomic mass is 10.4. The van der Waals surface area contributed by atoms with Crippen molar-refractivity contribution in [3.05, 3.63) is 0 Å². The topological polar surface area (TPSA) is 56.7 Å². The molecule has 0 unspecified atom stereocenters. The molecule has 68 valence electrons. The highest BCUT2D eigenvalue weighted by Gasteiger charge is 1.95. The molecule has 1 atom stereocenters. The summed E-state index contributed by atoms with van der Waals surface area (Å²) < 4.78 is 0. The number of halogens is 1. The second-order valence-corrected chi connectivity index (χ2v) is 2.05. The third-order valence-electron chi connectivity index (χ3n) is 1.03. The van der Waals surface area contributed by atoms with Crippen molar-refractivity contribution in [2.75, 3.05) is 20.6 Å². The molecule has 0 amide bonds. The van der Waals surface area contributed by atoms with Gasteiger partial charge in [-0.3, -0.25) is 4.99 Å². The Labute approximate surface area is 84.5 Å². The maximum Gasteiger partial charge on any atom is 0.190 e. The first kappa shape index (κ1) is 13.5. The Morgan fingerprint density at radius 1 is 1.64 bits per heavy atom. The highest BCUT2D eigenvalue weighted by atomic mass is 127. The van der Waals surface area contributed by atoms with Gasteiger partial charge in [0.2, 0.25) is 0 Å². The van der Waals surface area contributed by atoms with Gasteiger partial charge in [0.25, 0.3) is 0 Å². The van der Waals surface area contributed by atoms with E-state index in [1.807, 2.05) is 0 Å². The normalized spacial score (nSPS) is 13.3. The lowest BCUT2D eigenvalue weighted by Crippen LogP contribution is -2.38. The number of nitrogens with one attached hydrogen (secondary N) is 2. The molecular formula is C6H16IN3O. The van der Waals surface area contributed by atoms with E-state index in [0.717, 1.165) is 0 Å². The lowest BCUT2D eigenvalue weighted by Gasteiger charge is -2.09. The fourth-order valence-corrected chi connectivity index (χ4v) is 0.524. The molecule has 0 aromatic rings. The Balaban J connectivity index is 0. The van der Waals surface area contributed by atoms with E-state index in [1.54, 1.807) is 21.0 Å². The Hall–Kier alpha value is -0.0400. The van der Waals surface area contributed by atoms with Crippen molar-refractivity contribution in [3.63, 3.8) is 0 Å². The summed E-state index contributed by atoms with van der Waals surface area (Å²) in [5.74, 6) is 0.695. The molecular weight excluding hydrogens is 257 g/mol. The van der Waals surface area contributed by atoms with Crippen LogP contribution in [0, 0.1) is 0 Å². The second kappa shape index (κ2) is 8.06. The van der Waals surface area contributed by atoms with Gasteiger partial charge in [-0.05, 0) is 6.92 Å². The summed E-state index contributed by atoms with van der Waals surface area (Å²) in [4.78, 5) is 3.86. The van der Waals surface area contributed by atoms with Crippen LogP contribution in [0.15, 0.2) is 4.99 Å². The highest BCUT2D eigenvalue weighted by molar-refractivity contribution is 14.0. The third kappa shape index (κ3) is 7.86. The van der Waals surface area contributed by atoms with Gasteiger partial charge in [0.05, 0.1) is 6.10 Å². The van der Waals surface area contributed by atoms with Crippen molar-refractivity contribution in [1.29, 1.82) is 0 Å². The van der Waals surface area contributed by atoms with Crippen LogP contribution in [0.4, 0.5) is 0 Å². The van der Waals surface area contributed by atoms with Crippen LogP contribution in [0.5, 0.6) is 0 Å². The molecule has 0 aliphatic rings. The van der Waals surface area contributed by atoms with Crippen LogP contribution in [0.1, 0.15) is 6.92 Å². The van der Waals surface area contributed by atoms with Crippen LogP contribution in [-0.4, -0.2) is 37.8 Å². The monoisotopic (exact) mass is 273 g/mol. The molecule has 0 saturated carbocycles. The Morgan fingerprint density at radius 2 is 2.18 bits per heavy atom. The summed E-state index contributed by atoms with van der Waals surface area (Å²) in [6.45, 7) is 2.24. The zero-order valence-electron chi connectivity index (χ0n) is 7.09. The standard InChI is InChI=1S/C6H15N3O.HI/c1-5(10)4-9-6(7-2)8-3;/h5,10H,4H2,1-3H3,(H2,7,8,9);1H/t5-;/m0./s1. The van der Waals surface area contributed by atoms with E-state index in [2.05, 4.69) is 15.6 Å². The molecule has 0 aliphatic carbocycles. The molecule has 0 saturated heterocycles. The van der Waals surface area contributed by atoms with Gasteiger partial charge in [-0.25, -0.2) is 0 Å². The SMILES string of the molecule is CN=C(NC)NC[C@H](C)O.I. The zero-order chi connectivity index (χ0) is 7.98. The van der Waals surface area contributed by atoms with Gasteiger partial charge in [0.15, 0.2) is 5.96 Å². The average Bonchev–Trinajstić information content (AvgIpc) is 1.90. The van der Waals surface area contributed by atoms with Gasteiger partial charge in [0, 0.05) is 20.6 Å². The number of aliphatic hydroxyl groups is 1. The van der Waals surface area contributed by atoms with Crippen molar-refractivity contribution >= 4 is 29.9 Å². The Kier molecular flexibility index (Phi) is 9.92. The maximum absolute atomic E-state index is 8.85. The van der Waals surface area contributed by atoms with Crippen LogP contribution in [0.2, 0.25) is 0 Å². The van der Waals surface area contributed by atoms with Crippen LogP contribution in [-0.2, 0) is 0 Å². The van der Waals surface area contributed by atoms with E-state index in [-0.39, 0.29) is 30.1 Å². The Morgan fingerprint density at radius 3 is 2.45 bits per heavy atom. The second-order valence-electron chi connectivity index (χ2n) is 2.05. The first-order valence-corrected chi connectivity index (χ1v) is 3.27.